The van der Waals surface area contributed by atoms with Gasteiger partial charge in [-0.2, -0.15) is 0 Å². The Morgan fingerprint density at radius 3 is 1.53 bits per heavy atom. The summed E-state index contributed by atoms with van der Waals surface area (Å²) in [6.07, 6.45) is 0. The minimum absolute atomic E-state index is 0.876. The number of fused-ring (bicyclic) bond motifs is 5. The smallest absolute Gasteiger partial charge is 0.135 e. The van der Waals surface area contributed by atoms with Crippen molar-refractivity contribution in [2.45, 2.75) is 0 Å². The molecule has 1 aromatic heterocycles. The first kappa shape index (κ1) is 37.3. The zero-order valence-electron chi connectivity index (χ0n) is 35.0. The molecule has 0 unspecified atom stereocenters. The van der Waals surface area contributed by atoms with E-state index in [0.29, 0.717) is 0 Å². The molecule has 0 aliphatic carbocycles. The summed E-state index contributed by atoms with van der Waals surface area (Å²) in [5, 5.41) is 8.44. The predicted molar refractivity (Wildman–Crippen MR) is 271 cm³/mol. The second-order valence-electron chi connectivity index (χ2n) is 16.5. The second kappa shape index (κ2) is 15.8. The molecule has 0 fully saturated rings. The van der Waals surface area contributed by atoms with Crippen molar-refractivity contribution in [2.75, 3.05) is 4.90 Å². The first-order valence-electron chi connectivity index (χ1n) is 21.9. The molecule has 0 atom stereocenters. The Labute approximate surface area is 372 Å². The molecule has 1 heterocycles. The van der Waals surface area contributed by atoms with E-state index in [2.05, 4.69) is 235 Å². The maximum atomic E-state index is 6.23. The first-order chi connectivity index (χ1) is 31.7. The Morgan fingerprint density at radius 2 is 0.750 bits per heavy atom. The summed E-state index contributed by atoms with van der Waals surface area (Å²) in [5.41, 5.74) is 14.8. The third-order valence-corrected chi connectivity index (χ3v) is 12.6. The molecular weight excluding hydrogens is 775 g/mol. The highest BCUT2D eigenvalue weighted by atomic mass is 16.3. The van der Waals surface area contributed by atoms with Crippen LogP contribution in [-0.4, -0.2) is 0 Å². The lowest BCUT2D eigenvalue weighted by molar-refractivity contribution is 0.631. The Balaban J connectivity index is 0.935. The molecule has 0 spiro atoms. The van der Waals surface area contributed by atoms with Crippen molar-refractivity contribution in [2.24, 2.45) is 0 Å². The van der Waals surface area contributed by atoms with Gasteiger partial charge in [-0.15, -0.1) is 0 Å². The van der Waals surface area contributed by atoms with Gasteiger partial charge in [0.25, 0.3) is 0 Å². The van der Waals surface area contributed by atoms with Gasteiger partial charge >= 0.3 is 0 Å². The van der Waals surface area contributed by atoms with Crippen LogP contribution in [0.5, 0.6) is 0 Å². The van der Waals surface area contributed by atoms with Crippen LogP contribution in [0.2, 0.25) is 0 Å². The van der Waals surface area contributed by atoms with Crippen molar-refractivity contribution in [3.63, 3.8) is 0 Å². The molecule has 0 N–H and O–H groups in total. The fraction of sp³-hybridized carbons (Fsp3) is 0. The number of nitrogens with zero attached hydrogens (tertiary/aromatic N) is 1. The van der Waals surface area contributed by atoms with Crippen molar-refractivity contribution in [1.29, 1.82) is 0 Å². The van der Waals surface area contributed by atoms with Crippen LogP contribution in [0, 0.1) is 0 Å². The van der Waals surface area contributed by atoms with Crippen LogP contribution in [0.15, 0.2) is 253 Å². The third kappa shape index (κ3) is 6.79. The minimum atomic E-state index is 0.876. The quantitative estimate of drug-likeness (QED) is 0.142. The lowest BCUT2D eigenvalue weighted by Gasteiger charge is -2.27. The molecule has 2 heteroatoms. The molecule has 11 aromatic carbocycles. The van der Waals surface area contributed by atoms with Gasteiger partial charge in [0.15, 0.2) is 0 Å². The molecule has 0 radical (unpaired) electrons. The van der Waals surface area contributed by atoms with Crippen LogP contribution < -0.4 is 4.90 Å². The average Bonchev–Trinajstić information content (AvgIpc) is 3.82. The standard InChI is InChI=1S/C62H41NO/c1-2-13-42(14-3-1)56-20-7-9-22-59(56)60-23-10-8-21-57(60)44-29-32-52(33-30-44)63(54-35-36-58-49(40-54)28-25-43-15-4-6-19-55(43)58)53-34-31-47-37-46(26-27-48(47)39-53)45-17-12-18-50(38-45)62-41-51-16-5-11-24-61(51)64-62/h1-41H. The zero-order chi connectivity index (χ0) is 42.4. The van der Waals surface area contributed by atoms with E-state index in [-0.39, 0.29) is 0 Å². The number of anilines is 3. The summed E-state index contributed by atoms with van der Waals surface area (Å²) in [4.78, 5) is 2.39. The first-order valence-corrected chi connectivity index (χ1v) is 21.9. The lowest BCUT2D eigenvalue weighted by atomic mass is 9.89. The monoisotopic (exact) mass is 815 g/mol. The number of furan rings is 1. The van der Waals surface area contributed by atoms with Gasteiger partial charge in [0.05, 0.1) is 0 Å². The largest absolute Gasteiger partial charge is 0.456 e. The maximum Gasteiger partial charge on any atom is 0.135 e. The number of benzene rings is 11. The van der Waals surface area contributed by atoms with E-state index in [9.17, 15) is 0 Å². The predicted octanol–water partition coefficient (Wildman–Crippen LogP) is 17.7. The molecule has 0 saturated heterocycles. The summed E-state index contributed by atoms with van der Waals surface area (Å²) in [7, 11) is 0. The molecule has 0 saturated carbocycles. The van der Waals surface area contributed by atoms with Crippen LogP contribution >= 0.6 is 0 Å². The summed E-state index contributed by atoms with van der Waals surface area (Å²) >= 11 is 0. The Morgan fingerprint density at radius 1 is 0.250 bits per heavy atom. The van der Waals surface area contributed by atoms with E-state index in [0.717, 1.165) is 44.9 Å². The maximum absolute atomic E-state index is 6.23. The summed E-state index contributed by atoms with van der Waals surface area (Å²) in [6, 6.07) is 89.8. The van der Waals surface area contributed by atoms with E-state index in [4.69, 9.17) is 4.42 Å². The van der Waals surface area contributed by atoms with Gasteiger partial charge in [-0.3, -0.25) is 0 Å². The van der Waals surface area contributed by atoms with Gasteiger partial charge < -0.3 is 9.32 Å². The van der Waals surface area contributed by atoms with E-state index in [1.807, 2.05) is 18.2 Å². The molecule has 12 rings (SSSR count). The molecule has 0 amide bonds. The van der Waals surface area contributed by atoms with Crippen LogP contribution in [0.1, 0.15) is 0 Å². The van der Waals surface area contributed by atoms with Gasteiger partial charge in [-0.1, -0.05) is 188 Å². The van der Waals surface area contributed by atoms with Crippen molar-refractivity contribution in [3.05, 3.63) is 249 Å². The number of hydrogen-bond donors (Lipinski definition) is 0. The molecule has 0 bridgehead atoms. The van der Waals surface area contributed by atoms with Crippen LogP contribution in [0.3, 0.4) is 0 Å². The minimum Gasteiger partial charge on any atom is -0.456 e. The highest BCUT2D eigenvalue weighted by molar-refractivity contribution is 6.09. The summed E-state index contributed by atoms with van der Waals surface area (Å²) in [6.45, 7) is 0. The van der Waals surface area contributed by atoms with Gasteiger partial charge in [0, 0.05) is 28.0 Å². The van der Waals surface area contributed by atoms with Gasteiger partial charge in [-0.05, 0) is 137 Å². The normalized spacial score (nSPS) is 11.4. The topological polar surface area (TPSA) is 16.4 Å². The average molecular weight is 816 g/mol. The molecule has 0 aliphatic heterocycles. The van der Waals surface area contributed by atoms with E-state index < -0.39 is 0 Å². The molecular formula is C62H41NO. The number of hydrogen-bond acceptors (Lipinski definition) is 2. The summed E-state index contributed by atoms with van der Waals surface area (Å²) < 4.78 is 6.23. The van der Waals surface area contributed by atoms with Crippen molar-refractivity contribution in [1.82, 2.24) is 0 Å². The van der Waals surface area contributed by atoms with Crippen molar-refractivity contribution >= 4 is 60.3 Å². The Bertz CT molecular complexity index is 3640. The van der Waals surface area contributed by atoms with Crippen LogP contribution in [0.4, 0.5) is 17.1 Å². The number of rotatable bonds is 8. The van der Waals surface area contributed by atoms with E-state index in [1.54, 1.807) is 0 Å². The van der Waals surface area contributed by atoms with Crippen LogP contribution in [0.25, 0.3) is 99.1 Å². The van der Waals surface area contributed by atoms with Gasteiger partial charge in [0.2, 0.25) is 0 Å². The van der Waals surface area contributed by atoms with Crippen LogP contribution in [-0.2, 0) is 0 Å². The van der Waals surface area contributed by atoms with Crippen molar-refractivity contribution < 1.29 is 4.42 Å². The lowest BCUT2D eigenvalue weighted by Crippen LogP contribution is -2.10. The van der Waals surface area contributed by atoms with Crippen molar-refractivity contribution in [3.8, 4) is 55.8 Å². The molecule has 2 nitrogen and oxygen atoms in total. The highest BCUT2D eigenvalue weighted by Gasteiger charge is 2.17. The zero-order valence-corrected chi connectivity index (χ0v) is 35.0. The van der Waals surface area contributed by atoms with E-state index >= 15 is 0 Å². The molecule has 12 aromatic rings. The molecule has 300 valence electrons. The van der Waals surface area contributed by atoms with E-state index in [1.165, 1.54) is 71.3 Å². The number of para-hydroxylation sites is 1. The van der Waals surface area contributed by atoms with Gasteiger partial charge in [0.1, 0.15) is 11.3 Å². The Hall–Kier alpha value is -8.46. The fourth-order valence-electron chi connectivity index (χ4n) is 9.46. The highest BCUT2D eigenvalue weighted by Crippen LogP contribution is 2.42. The summed E-state index contributed by atoms with van der Waals surface area (Å²) in [5.74, 6) is 0.876. The molecule has 64 heavy (non-hydrogen) atoms. The third-order valence-electron chi connectivity index (χ3n) is 12.6. The Kier molecular flexibility index (Phi) is 9.20. The second-order valence-corrected chi connectivity index (χ2v) is 16.5. The van der Waals surface area contributed by atoms with Gasteiger partial charge in [-0.25, -0.2) is 0 Å². The molecule has 0 aliphatic rings. The SMILES string of the molecule is c1ccc(-c2ccccc2-c2ccccc2-c2ccc(N(c3ccc4cc(-c5cccc(-c6cc7ccccc7o6)c5)ccc4c3)c3ccc4c(ccc5ccccc54)c3)cc2)cc1. The fourth-order valence-corrected chi connectivity index (χ4v) is 9.46.